The molecule has 1 N–H and O–H groups in total. The Bertz CT molecular complexity index is 496. The van der Waals surface area contributed by atoms with Crippen LogP contribution in [0.5, 0.6) is 0 Å². The normalized spacial score (nSPS) is 12.4. The fraction of sp³-hybridized carbons (Fsp3) is 0.231. The van der Waals surface area contributed by atoms with Gasteiger partial charge in [0.2, 0.25) is 5.91 Å². The zero-order valence-electron chi connectivity index (χ0n) is 10.3. The molecule has 4 nitrogen and oxygen atoms in total. The molecular weight excluding hydrogens is 246 g/mol. The standard InChI is InChI=1S/C13H15N3OS/c1-16(2)11(10-6-4-3-5-7-10)12(17)15-13-14-8-9-18-13/h3-9,11H,1-2H3,(H,14,15,17). The highest BCUT2D eigenvalue weighted by Crippen LogP contribution is 2.21. The summed E-state index contributed by atoms with van der Waals surface area (Å²) in [6, 6.07) is 9.40. The van der Waals surface area contributed by atoms with Gasteiger partial charge in [0.15, 0.2) is 5.13 Å². The van der Waals surface area contributed by atoms with E-state index in [1.165, 1.54) is 11.3 Å². The third-order valence-electron chi connectivity index (χ3n) is 2.54. The van der Waals surface area contributed by atoms with Crippen LogP contribution in [-0.2, 0) is 4.79 Å². The summed E-state index contributed by atoms with van der Waals surface area (Å²) >= 11 is 1.41. The lowest BCUT2D eigenvalue weighted by Gasteiger charge is -2.23. The van der Waals surface area contributed by atoms with E-state index in [1.54, 1.807) is 6.20 Å². The number of benzene rings is 1. The zero-order valence-corrected chi connectivity index (χ0v) is 11.1. The Morgan fingerprint density at radius 1 is 1.33 bits per heavy atom. The van der Waals surface area contributed by atoms with E-state index in [1.807, 2.05) is 54.7 Å². The Kier molecular flexibility index (Phi) is 4.07. The van der Waals surface area contributed by atoms with E-state index in [0.717, 1.165) is 5.56 Å². The number of amides is 1. The number of carbonyl (C=O) groups is 1. The monoisotopic (exact) mass is 261 g/mol. The van der Waals surface area contributed by atoms with Gasteiger partial charge in [-0.15, -0.1) is 11.3 Å². The van der Waals surface area contributed by atoms with Crippen molar-refractivity contribution < 1.29 is 4.79 Å². The third-order valence-corrected chi connectivity index (χ3v) is 3.23. The Hall–Kier alpha value is -1.72. The molecular formula is C13H15N3OS. The minimum atomic E-state index is -0.310. The van der Waals surface area contributed by atoms with Crippen LogP contribution < -0.4 is 5.32 Å². The van der Waals surface area contributed by atoms with Crippen molar-refractivity contribution in [2.24, 2.45) is 0 Å². The van der Waals surface area contributed by atoms with E-state index >= 15 is 0 Å². The lowest BCUT2D eigenvalue weighted by molar-refractivity contribution is -0.120. The first kappa shape index (κ1) is 12.7. The fourth-order valence-corrected chi connectivity index (χ4v) is 2.31. The van der Waals surface area contributed by atoms with Crippen LogP contribution >= 0.6 is 11.3 Å². The summed E-state index contributed by atoms with van der Waals surface area (Å²) in [6.07, 6.45) is 1.67. The lowest BCUT2D eigenvalue weighted by atomic mass is 10.1. The Morgan fingerprint density at radius 2 is 2.06 bits per heavy atom. The third kappa shape index (κ3) is 2.94. The number of nitrogens with zero attached hydrogens (tertiary/aromatic N) is 2. The molecule has 0 fully saturated rings. The second kappa shape index (κ2) is 5.75. The topological polar surface area (TPSA) is 45.2 Å². The smallest absolute Gasteiger partial charge is 0.248 e. The van der Waals surface area contributed by atoms with Crippen LogP contribution in [0.1, 0.15) is 11.6 Å². The van der Waals surface area contributed by atoms with Gasteiger partial charge >= 0.3 is 0 Å². The number of hydrogen-bond acceptors (Lipinski definition) is 4. The highest BCUT2D eigenvalue weighted by atomic mass is 32.1. The predicted octanol–water partition coefficient (Wildman–Crippen LogP) is 2.38. The molecule has 0 bridgehead atoms. The van der Waals surface area contributed by atoms with Gasteiger partial charge in [-0.1, -0.05) is 30.3 Å². The molecule has 94 valence electrons. The van der Waals surface area contributed by atoms with E-state index in [2.05, 4.69) is 10.3 Å². The first-order valence-corrected chi connectivity index (χ1v) is 6.48. The van der Waals surface area contributed by atoms with Gasteiger partial charge < -0.3 is 5.32 Å². The number of anilines is 1. The van der Waals surface area contributed by atoms with Crippen LogP contribution in [0.4, 0.5) is 5.13 Å². The van der Waals surface area contributed by atoms with Crippen molar-refractivity contribution >= 4 is 22.4 Å². The summed E-state index contributed by atoms with van der Waals surface area (Å²) in [5, 5.41) is 5.29. The molecule has 0 spiro atoms. The van der Waals surface area contributed by atoms with Gasteiger partial charge in [0, 0.05) is 11.6 Å². The van der Waals surface area contributed by atoms with Gasteiger partial charge in [0.25, 0.3) is 0 Å². The maximum Gasteiger partial charge on any atom is 0.248 e. The number of aromatic nitrogens is 1. The molecule has 1 unspecified atom stereocenters. The number of rotatable bonds is 4. The van der Waals surface area contributed by atoms with Gasteiger partial charge in [-0.3, -0.25) is 9.69 Å². The van der Waals surface area contributed by atoms with Crippen molar-refractivity contribution in [2.75, 3.05) is 19.4 Å². The molecule has 1 aromatic carbocycles. The highest BCUT2D eigenvalue weighted by molar-refractivity contribution is 7.13. The molecule has 0 saturated carbocycles. The predicted molar refractivity (Wildman–Crippen MR) is 73.6 cm³/mol. The van der Waals surface area contributed by atoms with Crippen molar-refractivity contribution in [3.8, 4) is 0 Å². The van der Waals surface area contributed by atoms with Gasteiger partial charge in [0.05, 0.1) is 0 Å². The van der Waals surface area contributed by atoms with Crippen molar-refractivity contribution in [3.63, 3.8) is 0 Å². The molecule has 0 saturated heterocycles. The SMILES string of the molecule is CN(C)C(C(=O)Nc1nccs1)c1ccccc1. The zero-order chi connectivity index (χ0) is 13.0. The lowest BCUT2D eigenvalue weighted by Crippen LogP contribution is -2.32. The van der Waals surface area contributed by atoms with Gasteiger partial charge in [0.1, 0.15) is 6.04 Å². The van der Waals surface area contributed by atoms with E-state index in [4.69, 9.17) is 0 Å². The molecule has 5 heteroatoms. The van der Waals surface area contributed by atoms with Crippen LogP contribution in [-0.4, -0.2) is 29.9 Å². The summed E-state index contributed by atoms with van der Waals surface area (Å²) in [5.74, 6) is -0.0684. The summed E-state index contributed by atoms with van der Waals surface area (Å²) in [6.45, 7) is 0. The molecule has 1 heterocycles. The van der Waals surface area contributed by atoms with Crippen LogP contribution in [0, 0.1) is 0 Å². The van der Waals surface area contributed by atoms with Crippen LogP contribution in [0.3, 0.4) is 0 Å². The summed E-state index contributed by atoms with van der Waals surface area (Å²) in [7, 11) is 3.78. The first-order chi connectivity index (χ1) is 8.68. The van der Waals surface area contributed by atoms with Crippen LogP contribution in [0.25, 0.3) is 0 Å². The fourth-order valence-electron chi connectivity index (χ4n) is 1.78. The summed E-state index contributed by atoms with van der Waals surface area (Å²) in [4.78, 5) is 18.2. The van der Waals surface area contributed by atoms with Gasteiger partial charge in [-0.2, -0.15) is 0 Å². The maximum absolute atomic E-state index is 12.3. The van der Waals surface area contributed by atoms with Crippen molar-refractivity contribution in [1.29, 1.82) is 0 Å². The largest absolute Gasteiger partial charge is 0.300 e. The molecule has 0 aliphatic carbocycles. The van der Waals surface area contributed by atoms with E-state index in [-0.39, 0.29) is 11.9 Å². The molecule has 1 atom stereocenters. The average molecular weight is 261 g/mol. The Labute approximate surface area is 110 Å². The van der Waals surface area contributed by atoms with Crippen LogP contribution in [0.15, 0.2) is 41.9 Å². The minimum Gasteiger partial charge on any atom is -0.300 e. The Morgan fingerprint density at radius 3 is 2.61 bits per heavy atom. The quantitative estimate of drug-likeness (QED) is 0.919. The van der Waals surface area contributed by atoms with Crippen molar-refractivity contribution in [3.05, 3.63) is 47.5 Å². The number of thiazole rings is 1. The number of carbonyl (C=O) groups excluding carboxylic acids is 1. The Balaban J connectivity index is 2.18. The molecule has 0 aliphatic rings. The summed E-state index contributed by atoms with van der Waals surface area (Å²) in [5.41, 5.74) is 0.969. The van der Waals surface area contributed by atoms with Gasteiger partial charge in [-0.25, -0.2) is 4.98 Å². The molecule has 0 aliphatic heterocycles. The molecule has 1 amide bonds. The maximum atomic E-state index is 12.3. The summed E-state index contributed by atoms with van der Waals surface area (Å²) < 4.78 is 0. The van der Waals surface area contributed by atoms with Crippen LogP contribution in [0.2, 0.25) is 0 Å². The van der Waals surface area contributed by atoms with E-state index in [0.29, 0.717) is 5.13 Å². The molecule has 0 radical (unpaired) electrons. The first-order valence-electron chi connectivity index (χ1n) is 5.60. The minimum absolute atomic E-state index is 0.0684. The van der Waals surface area contributed by atoms with Gasteiger partial charge in [-0.05, 0) is 19.7 Å². The van der Waals surface area contributed by atoms with E-state index in [9.17, 15) is 4.79 Å². The molecule has 2 aromatic rings. The highest BCUT2D eigenvalue weighted by Gasteiger charge is 2.23. The van der Waals surface area contributed by atoms with Crippen molar-refractivity contribution in [2.45, 2.75) is 6.04 Å². The molecule has 18 heavy (non-hydrogen) atoms. The molecule has 1 aromatic heterocycles. The second-order valence-electron chi connectivity index (χ2n) is 4.10. The number of likely N-dealkylation sites (N-methyl/N-ethyl adjacent to an activating group) is 1. The molecule has 2 rings (SSSR count). The van der Waals surface area contributed by atoms with E-state index < -0.39 is 0 Å². The average Bonchev–Trinajstić information content (AvgIpc) is 2.83. The second-order valence-corrected chi connectivity index (χ2v) is 5.00. The number of hydrogen-bond donors (Lipinski definition) is 1. The van der Waals surface area contributed by atoms with Crippen molar-refractivity contribution in [1.82, 2.24) is 9.88 Å². The number of nitrogens with one attached hydrogen (secondary N) is 1.